The third kappa shape index (κ3) is 5.24. The minimum absolute atomic E-state index is 0.102. The van der Waals surface area contributed by atoms with Gasteiger partial charge in [0.1, 0.15) is 11.4 Å². The molecule has 0 saturated carbocycles. The fourth-order valence-corrected chi connectivity index (χ4v) is 2.37. The largest absolute Gasteiger partial charge is 0.493 e. The number of aryl methyl sites for hydroxylation is 2. The number of hydrogen-bond acceptors (Lipinski definition) is 3. The zero-order chi connectivity index (χ0) is 17.5. The van der Waals surface area contributed by atoms with E-state index in [0.717, 1.165) is 35.4 Å². The van der Waals surface area contributed by atoms with Gasteiger partial charge < -0.3 is 14.8 Å². The average Bonchev–Trinajstić information content (AvgIpc) is 2.51. The van der Waals surface area contributed by atoms with Gasteiger partial charge in [-0.05, 0) is 63.3 Å². The lowest BCUT2D eigenvalue weighted by Gasteiger charge is -2.27. The summed E-state index contributed by atoms with van der Waals surface area (Å²) in [6.45, 7) is 13.2. The summed E-state index contributed by atoms with van der Waals surface area (Å²) in [5, 5.41) is 2.99. The summed E-state index contributed by atoms with van der Waals surface area (Å²) >= 11 is 0. The maximum atomic E-state index is 12.6. The number of benzene rings is 1. The van der Waals surface area contributed by atoms with E-state index in [4.69, 9.17) is 9.47 Å². The lowest BCUT2D eigenvalue weighted by atomic mass is 10.0. The molecule has 0 aromatic heterocycles. The smallest absolute Gasteiger partial charge is 0.256 e. The number of amides is 1. The SMILES string of the molecule is CCCOc1c(C)cc(NC(=O)[C@](C)(CC)OCCC)cc1C. The van der Waals surface area contributed by atoms with Gasteiger partial charge in [0, 0.05) is 12.3 Å². The van der Waals surface area contributed by atoms with E-state index in [-0.39, 0.29) is 5.91 Å². The van der Waals surface area contributed by atoms with Crippen molar-refractivity contribution in [3.05, 3.63) is 23.3 Å². The number of nitrogens with one attached hydrogen (secondary N) is 1. The number of rotatable bonds is 9. The van der Waals surface area contributed by atoms with Crippen LogP contribution in [0, 0.1) is 13.8 Å². The van der Waals surface area contributed by atoms with E-state index in [1.165, 1.54) is 0 Å². The molecule has 4 heteroatoms. The Morgan fingerprint density at radius 1 is 1.09 bits per heavy atom. The van der Waals surface area contributed by atoms with Crippen LogP contribution < -0.4 is 10.1 Å². The van der Waals surface area contributed by atoms with Crippen LogP contribution in [0.3, 0.4) is 0 Å². The van der Waals surface area contributed by atoms with Crippen LogP contribution >= 0.6 is 0 Å². The minimum Gasteiger partial charge on any atom is -0.493 e. The van der Waals surface area contributed by atoms with Crippen molar-refractivity contribution < 1.29 is 14.3 Å². The van der Waals surface area contributed by atoms with Crippen molar-refractivity contribution in [2.75, 3.05) is 18.5 Å². The molecule has 23 heavy (non-hydrogen) atoms. The highest BCUT2D eigenvalue weighted by Gasteiger charge is 2.32. The number of ether oxygens (including phenoxy) is 2. The standard InChI is InChI=1S/C19H31NO3/c1-7-10-22-17-14(4)12-16(13-15(17)5)20-18(21)19(6,9-3)23-11-8-2/h12-13H,7-11H2,1-6H3,(H,20,21)/t19-/m0/s1. The van der Waals surface area contributed by atoms with E-state index in [1.807, 2.05) is 46.8 Å². The molecule has 0 aliphatic carbocycles. The van der Waals surface area contributed by atoms with E-state index in [2.05, 4.69) is 12.2 Å². The van der Waals surface area contributed by atoms with E-state index in [0.29, 0.717) is 19.6 Å². The average molecular weight is 321 g/mol. The van der Waals surface area contributed by atoms with Crippen LogP contribution in [0.15, 0.2) is 12.1 Å². The Hall–Kier alpha value is -1.55. The first kappa shape index (κ1) is 19.5. The maximum Gasteiger partial charge on any atom is 0.256 e. The Labute approximate surface area is 140 Å². The topological polar surface area (TPSA) is 47.6 Å². The van der Waals surface area contributed by atoms with Gasteiger partial charge in [0.25, 0.3) is 5.91 Å². The van der Waals surface area contributed by atoms with Gasteiger partial charge in [0.15, 0.2) is 0 Å². The van der Waals surface area contributed by atoms with E-state index in [1.54, 1.807) is 0 Å². The Bertz CT molecular complexity index is 504. The highest BCUT2D eigenvalue weighted by molar-refractivity contribution is 5.97. The molecular weight excluding hydrogens is 290 g/mol. The molecular formula is C19H31NO3. The Kier molecular flexibility index (Phi) is 7.56. The van der Waals surface area contributed by atoms with Gasteiger partial charge in [0.2, 0.25) is 0 Å². The summed E-state index contributed by atoms with van der Waals surface area (Å²) < 4.78 is 11.5. The highest BCUT2D eigenvalue weighted by Crippen LogP contribution is 2.28. The van der Waals surface area contributed by atoms with Crippen molar-refractivity contribution in [3.63, 3.8) is 0 Å². The second-order valence-electron chi connectivity index (χ2n) is 6.17. The first-order valence-corrected chi connectivity index (χ1v) is 8.57. The fraction of sp³-hybridized carbons (Fsp3) is 0.632. The summed E-state index contributed by atoms with van der Waals surface area (Å²) in [5.74, 6) is 0.805. The van der Waals surface area contributed by atoms with Crippen LogP contribution in [0.4, 0.5) is 5.69 Å². The molecule has 1 aromatic carbocycles. The van der Waals surface area contributed by atoms with Crippen molar-refractivity contribution >= 4 is 11.6 Å². The molecule has 0 fully saturated rings. The predicted octanol–water partition coefficient (Wildman–Crippen LogP) is 4.63. The van der Waals surface area contributed by atoms with Gasteiger partial charge in [-0.15, -0.1) is 0 Å². The molecule has 0 radical (unpaired) electrons. The fourth-order valence-electron chi connectivity index (χ4n) is 2.37. The van der Waals surface area contributed by atoms with Gasteiger partial charge in [-0.2, -0.15) is 0 Å². The molecule has 1 rings (SSSR count). The predicted molar refractivity (Wildman–Crippen MR) is 95.3 cm³/mol. The van der Waals surface area contributed by atoms with Crippen LogP contribution in [0.5, 0.6) is 5.75 Å². The zero-order valence-electron chi connectivity index (χ0n) is 15.4. The first-order valence-electron chi connectivity index (χ1n) is 8.57. The van der Waals surface area contributed by atoms with E-state index >= 15 is 0 Å². The Morgan fingerprint density at radius 2 is 1.65 bits per heavy atom. The Morgan fingerprint density at radius 3 is 2.13 bits per heavy atom. The summed E-state index contributed by atoms with van der Waals surface area (Å²) in [6, 6.07) is 3.90. The van der Waals surface area contributed by atoms with Crippen LogP contribution in [0.25, 0.3) is 0 Å². The van der Waals surface area contributed by atoms with Crippen LogP contribution in [-0.2, 0) is 9.53 Å². The van der Waals surface area contributed by atoms with Gasteiger partial charge in [-0.1, -0.05) is 20.8 Å². The third-order valence-electron chi connectivity index (χ3n) is 3.95. The monoisotopic (exact) mass is 321 g/mol. The molecule has 1 amide bonds. The number of carbonyl (C=O) groups is 1. The molecule has 0 spiro atoms. The summed E-state index contributed by atoms with van der Waals surface area (Å²) in [6.07, 6.45) is 2.50. The number of anilines is 1. The van der Waals surface area contributed by atoms with Crippen LogP contribution in [0.2, 0.25) is 0 Å². The molecule has 1 aromatic rings. The second-order valence-corrected chi connectivity index (χ2v) is 6.17. The van der Waals surface area contributed by atoms with E-state index in [9.17, 15) is 4.79 Å². The first-order chi connectivity index (χ1) is 10.9. The minimum atomic E-state index is -0.796. The molecule has 0 aliphatic heterocycles. The van der Waals surface area contributed by atoms with E-state index < -0.39 is 5.60 Å². The molecule has 1 atom stereocenters. The normalized spacial score (nSPS) is 13.5. The molecule has 4 nitrogen and oxygen atoms in total. The number of hydrogen-bond donors (Lipinski definition) is 1. The lowest BCUT2D eigenvalue weighted by Crippen LogP contribution is -2.42. The van der Waals surface area contributed by atoms with Crippen molar-refractivity contribution in [1.29, 1.82) is 0 Å². The summed E-state index contributed by atoms with van der Waals surface area (Å²) in [5.41, 5.74) is 2.05. The molecule has 0 heterocycles. The van der Waals surface area contributed by atoms with Crippen molar-refractivity contribution in [3.8, 4) is 5.75 Å². The lowest BCUT2D eigenvalue weighted by molar-refractivity contribution is -0.139. The van der Waals surface area contributed by atoms with Crippen molar-refractivity contribution in [2.24, 2.45) is 0 Å². The molecule has 0 bridgehead atoms. The van der Waals surface area contributed by atoms with Crippen molar-refractivity contribution in [2.45, 2.75) is 66.4 Å². The zero-order valence-corrected chi connectivity index (χ0v) is 15.4. The molecule has 0 aliphatic rings. The third-order valence-corrected chi connectivity index (χ3v) is 3.95. The van der Waals surface area contributed by atoms with Crippen LogP contribution in [0.1, 0.15) is 58.1 Å². The van der Waals surface area contributed by atoms with Gasteiger partial charge in [-0.25, -0.2) is 0 Å². The van der Waals surface area contributed by atoms with Crippen LogP contribution in [-0.4, -0.2) is 24.7 Å². The highest BCUT2D eigenvalue weighted by atomic mass is 16.5. The number of carbonyl (C=O) groups excluding carboxylic acids is 1. The summed E-state index contributed by atoms with van der Waals surface area (Å²) in [4.78, 5) is 12.6. The summed E-state index contributed by atoms with van der Waals surface area (Å²) in [7, 11) is 0. The molecule has 0 saturated heterocycles. The quantitative estimate of drug-likeness (QED) is 0.721. The molecule has 0 unspecified atom stereocenters. The van der Waals surface area contributed by atoms with Crippen molar-refractivity contribution in [1.82, 2.24) is 0 Å². The second kappa shape index (κ2) is 8.92. The Balaban J connectivity index is 2.89. The van der Waals surface area contributed by atoms with Gasteiger partial charge in [0.05, 0.1) is 6.61 Å². The molecule has 1 N–H and O–H groups in total. The van der Waals surface area contributed by atoms with Gasteiger partial charge >= 0.3 is 0 Å². The molecule has 130 valence electrons. The van der Waals surface area contributed by atoms with Gasteiger partial charge in [-0.3, -0.25) is 4.79 Å². The maximum absolute atomic E-state index is 12.6.